The Morgan fingerprint density at radius 2 is 2.13 bits per heavy atom. The first kappa shape index (κ1) is 12.0. The van der Waals surface area contributed by atoms with E-state index in [1.165, 1.54) is 14.2 Å². The third kappa shape index (κ3) is 2.70. The Morgan fingerprint density at radius 1 is 1.40 bits per heavy atom. The van der Waals surface area contributed by atoms with Gasteiger partial charge in [-0.25, -0.2) is 0 Å². The van der Waals surface area contributed by atoms with Crippen molar-refractivity contribution in [2.45, 2.75) is 0 Å². The Balaban J connectivity index is 3.10. The molecule has 1 aromatic carbocycles. The van der Waals surface area contributed by atoms with Crippen LogP contribution in [0.4, 0.5) is 0 Å². The second-order valence-electron chi connectivity index (χ2n) is 2.67. The molecule has 0 fully saturated rings. The molecule has 0 aliphatic heterocycles. The van der Waals surface area contributed by atoms with Crippen LogP contribution in [0.3, 0.4) is 0 Å². The van der Waals surface area contributed by atoms with Crippen LogP contribution in [0.25, 0.3) is 0 Å². The second kappa shape index (κ2) is 5.72. The summed E-state index contributed by atoms with van der Waals surface area (Å²) in [5, 5.41) is 0. The van der Waals surface area contributed by atoms with Crippen LogP contribution in [0.2, 0.25) is 0 Å². The second-order valence-corrected chi connectivity index (χ2v) is 3.46. The summed E-state index contributed by atoms with van der Waals surface area (Å²) >= 11 is 3.27. The van der Waals surface area contributed by atoms with Gasteiger partial charge in [-0.05, 0) is 28.1 Å². The average molecular weight is 275 g/mol. The van der Waals surface area contributed by atoms with E-state index in [0.717, 1.165) is 6.29 Å². The lowest BCUT2D eigenvalue weighted by Crippen LogP contribution is -2.02. The van der Waals surface area contributed by atoms with E-state index in [4.69, 9.17) is 14.2 Å². The van der Waals surface area contributed by atoms with Crippen molar-refractivity contribution < 1.29 is 19.0 Å². The van der Waals surface area contributed by atoms with E-state index < -0.39 is 0 Å². The molecule has 0 heterocycles. The van der Waals surface area contributed by atoms with Crippen molar-refractivity contribution in [3.8, 4) is 11.5 Å². The van der Waals surface area contributed by atoms with E-state index in [2.05, 4.69) is 15.9 Å². The number of hydrogen-bond acceptors (Lipinski definition) is 4. The molecular formula is C10H11BrO4. The quantitative estimate of drug-likeness (QED) is 0.610. The van der Waals surface area contributed by atoms with Crippen LogP contribution in [0, 0.1) is 0 Å². The van der Waals surface area contributed by atoms with E-state index in [-0.39, 0.29) is 6.79 Å². The lowest BCUT2D eigenvalue weighted by atomic mass is 10.2. The molecule has 0 unspecified atom stereocenters. The number of methoxy groups -OCH3 is 2. The summed E-state index contributed by atoms with van der Waals surface area (Å²) in [6.45, 7) is 0.0945. The Kier molecular flexibility index (Phi) is 4.58. The van der Waals surface area contributed by atoms with Gasteiger partial charge in [0.25, 0.3) is 0 Å². The fourth-order valence-electron chi connectivity index (χ4n) is 1.06. The minimum Gasteiger partial charge on any atom is -0.493 e. The van der Waals surface area contributed by atoms with Crippen LogP contribution < -0.4 is 9.47 Å². The van der Waals surface area contributed by atoms with E-state index in [0.29, 0.717) is 21.5 Å². The molecule has 0 aromatic heterocycles. The van der Waals surface area contributed by atoms with Crippen LogP contribution >= 0.6 is 15.9 Å². The highest BCUT2D eigenvalue weighted by atomic mass is 79.9. The van der Waals surface area contributed by atoms with E-state index in [1.807, 2.05) is 0 Å². The van der Waals surface area contributed by atoms with Gasteiger partial charge in [0.2, 0.25) is 0 Å². The molecule has 1 aromatic rings. The van der Waals surface area contributed by atoms with Crippen LogP contribution in [0.15, 0.2) is 16.6 Å². The molecular weight excluding hydrogens is 264 g/mol. The molecule has 0 atom stereocenters. The van der Waals surface area contributed by atoms with Crippen LogP contribution in [-0.4, -0.2) is 27.3 Å². The molecule has 0 aliphatic carbocycles. The highest BCUT2D eigenvalue weighted by Gasteiger charge is 2.12. The molecule has 0 bridgehead atoms. The third-order valence-corrected chi connectivity index (χ3v) is 2.58. The van der Waals surface area contributed by atoms with Crippen LogP contribution in [-0.2, 0) is 4.74 Å². The number of carbonyl (C=O) groups excluding carboxylic acids is 1. The molecule has 0 N–H and O–H groups in total. The minimum absolute atomic E-state index is 0.0945. The fourth-order valence-corrected chi connectivity index (χ4v) is 1.59. The number of ether oxygens (including phenoxy) is 3. The van der Waals surface area contributed by atoms with E-state index in [1.54, 1.807) is 12.1 Å². The molecule has 0 saturated carbocycles. The number of rotatable bonds is 5. The van der Waals surface area contributed by atoms with Crippen molar-refractivity contribution in [1.29, 1.82) is 0 Å². The van der Waals surface area contributed by atoms with E-state index >= 15 is 0 Å². The SMILES string of the molecule is COCOc1c(OC)ccc(C=O)c1Br. The average Bonchev–Trinajstić information content (AvgIpc) is 2.27. The maximum atomic E-state index is 10.7. The zero-order valence-corrected chi connectivity index (χ0v) is 10.0. The van der Waals surface area contributed by atoms with Crippen molar-refractivity contribution in [3.63, 3.8) is 0 Å². The largest absolute Gasteiger partial charge is 0.493 e. The van der Waals surface area contributed by atoms with Gasteiger partial charge >= 0.3 is 0 Å². The maximum Gasteiger partial charge on any atom is 0.188 e. The van der Waals surface area contributed by atoms with Crippen molar-refractivity contribution in [1.82, 2.24) is 0 Å². The molecule has 15 heavy (non-hydrogen) atoms. The first-order valence-corrected chi connectivity index (χ1v) is 4.97. The molecule has 0 amide bonds. The molecule has 0 aliphatic rings. The third-order valence-electron chi connectivity index (χ3n) is 1.76. The van der Waals surface area contributed by atoms with Crippen molar-refractivity contribution in [2.75, 3.05) is 21.0 Å². The van der Waals surface area contributed by atoms with Crippen molar-refractivity contribution in [3.05, 3.63) is 22.2 Å². The molecule has 5 heteroatoms. The maximum absolute atomic E-state index is 10.7. The Bertz CT molecular complexity index is 352. The van der Waals surface area contributed by atoms with Gasteiger partial charge in [0, 0.05) is 12.7 Å². The number of carbonyl (C=O) groups is 1. The standard InChI is InChI=1S/C10H11BrO4/c1-13-6-15-10-8(14-2)4-3-7(5-12)9(10)11/h3-5H,6H2,1-2H3. The molecule has 0 spiro atoms. The number of halogens is 1. The summed E-state index contributed by atoms with van der Waals surface area (Å²) in [7, 11) is 3.05. The molecule has 0 radical (unpaired) electrons. The van der Waals surface area contributed by atoms with Crippen LogP contribution in [0.1, 0.15) is 10.4 Å². The van der Waals surface area contributed by atoms with Gasteiger partial charge in [0.1, 0.15) is 0 Å². The summed E-state index contributed by atoms with van der Waals surface area (Å²) in [6.07, 6.45) is 0.739. The van der Waals surface area contributed by atoms with Gasteiger partial charge in [0.15, 0.2) is 24.6 Å². The van der Waals surface area contributed by atoms with Crippen molar-refractivity contribution in [2.24, 2.45) is 0 Å². The number of benzene rings is 1. The topological polar surface area (TPSA) is 44.8 Å². The number of aldehydes is 1. The van der Waals surface area contributed by atoms with Gasteiger partial charge in [-0.1, -0.05) is 0 Å². The molecule has 1 rings (SSSR count). The zero-order chi connectivity index (χ0) is 11.3. The first-order chi connectivity index (χ1) is 7.24. The predicted octanol–water partition coefficient (Wildman–Crippen LogP) is 2.25. The summed E-state index contributed by atoms with van der Waals surface area (Å²) in [6, 6.07) is 3.31. The van der Waals surface area contributed by atoms with Gasteiger partial charge in [-0.15, -0.1) is 0 Å². The smallest absolute Gasteiger partial charge is 0.188 e. The summed E-state index contributed by atoms with van der Waals surface area (Å²) in [4.78, 5) is 10.7. The van der Waals surface area contributed by atoms with E-state index in [9.17, 15) is 4.79 Å². The van der Waals surface area contributed by atoms with Crippen LogP contribution in [0.5, 0.6) is 11.5 Å². The number of hydrogen-bond donors (Lipinski definition) is 0. The summed E-state index contributed by atoms with van der Waals surface area (Å²) in [5.41, 5.74) is 0.502. The zero-order valence-electron chi connectivity index (χ0n) is 8.45. The molecule has 82 valence electrons. The lowest BCUT2D eigenvalue weighted by Gasteiger charge is -2.12. The highest BCUT2D eigenvalue weighted by Crippen LogP contribution is 2.37. The summed E-state index contributed by atoms with van der Waals surface area (Å²) in [5.74, 6) is 1.01. The molecule has 0 saturated heterocycles. The normalized spacial score (nSPS) is 9.80. The lowest BCUT2D eigenvalue weighted by molar-refractivity contribution is 0.0485. The van der Waals surface area contributed by atoms with Gasteiger partial charge < -0.3 is 14.2 Å². The fraction of sp³-hybridized carbons (Fsp3) is 0.300. The Labute approximate surface area is 96.3 Å². The van der Waals surface area contributed by atoms with Gasteiger partial charge in [-0.2, -0.15) is 0 Å². The Hall–Kier alpha value is -1.07. The minimum atomic E-state index is 0.0945. The Morgan fingerprint density at radius 3 is 2.67 bits per heavy atom. The van der Waals surface area contributed by atoms with Gasteiger partial charge in [0.05, 0.1) is 11.6 Å². The molecule has 4 nitrogen and oxygen atoms in total. The first-order valence-electron chi connectivity index (χ1n) is 4.18. The monoisotopic (exact) mass is 274 g/mol. The van der Waals surface area contributed by atoms with Gasteiger partial charge in [-0.3, -0.25) is 4.79 Å². The summed E-state index contributed by atoms with van der Waals surface area (Å²) < 4.78 is 15.7. The predicted molar refractivity (Wildman–Crippen MR) is 58.6 cm³/mol. The highest BCUT2D eigenvalue weighted by molar-refractivity contribution is 9.10. The van der Waals surface area contributed by atoms with Crippen molar-refractivity contribution >= 4 is 22.2 Å².